The van der Waals surface area contributed by atoms with Crippen molar-refractivity contribution in [3.05, 3.63) is 34.6 Å². The molecule has 4 heteroatoms. The topological polar surface area (TPSA) is 15.3 Å². The summed E-state index contributed by atoms with van der Waals surface area (Å²) in [6.07, 6.45) is 0. The van der Waals surface area contributed by atoms with Crippen molar-refractivity contribution in [3.8, 4) is 0 Å². The Balaban J connectivity index is 2.07. The molecule has 1 aromatic rings. The Morgan fingerprint density at radius 3 is 3.06 bits per heavy atom. The molecule has 88 valence electrons. The van der Waals surface area contributed by atoms with Crippen molar-refractivity contribution in [1.29, 1.82) is 0 Å². The molecule has 0 bridgehead atoms. The lowest BCUT2D eigenvalue weighted by atomic mass is 10.1. The molecule has 2 nitrogen and oxygen atoms in total. The highest BCUT2D eigenvalue weighted by Gasteiger charge is 2.18. The Morgan fingerprint density at radius 1 is 1.56 bits per heavy atom. The molecule has 1 aromatic carbocycles. The zero-order valence-corrected chi connectivity index (χ0v) is 10.1. The first-order valence-electron chi connectivity index (χ1n) is 5.55. The van der Waals surface area contributed by atoms with Crippen LogP contribution in [0.25, 0.3) is 0 Å². The number of hydrogen-bond acceptors (Lipinski definition) is 2. The predicted molar refractivity (Wildman–Crippen MR) is 64.2 cm³/mol. The minimum atomic E-state index is -0.210. The van der Waals surface area contributed by atoms with Gasteiger partial charge in [-0.2, -0.15) is 0 Å². The van der Waals surface area contributed by atoms with Gasteiger partial charge in [0.25, 0.3) is 0 Å². The maximum atomic E-state index is 13.6. The van der Waals surface area contributed by atoms with E-state index in [0.717, 1.165) is 25.2 Å². The van der Waals surface area contributed by atoms with E-state index in [1.54, 1.807) is 12.1 Å². The molecule has 0 aliphatic carbocycles. The number of rotatable bonds is 2. The fourth-order valence-corrected chi connectivity index (χ4v) is 2.15. The molecule has 1 atom stereocenters. The van der Waals surface area contributed by atoms with Crippen molar-refractivity contribution in [1.82, 2.24) is 10.2 Å². The van der Waals surface area contributed by atoms with Gasteiger partial charge in [0.1, 0.15) is 5.82 Å². The molecule has 1 aliphatic rings. The van der Waals surface area contributed by atoms with Crippen LogP contribution < -0.4 is 5.32 Å². The molecule has 1 saturated heterocycles. The second kappa shape index (κ2) is 5.13. The molecule has 16 heavy (non-hydrogen) atoms. The monoisotopic (exact) mass is 242 g/mol. The summed E-state index contributed by atoms with van der Waals surface area (Å²) < 4.78 is 13.6. The second-order valence-electron chi connectivity index (χ2n) is 4.26. The fourth-order valence-electron chi connectivity index (χ4n) is 1.99. The zero-order valence-electron chi connectivity index (χ0n) is 9.34. The summed E-state index contributed by atoms with van der Waals surface area (Å²) in [6.45, 7) is 5.71. The van der Waals surface area contributed by atoms with Crippen LogP contribution in [0.5, 0.6) is 0 Å². The van der Waals surface area contributed by atoms with Crippen molar-refractivity contribution >= 4 is 11.6 Å². The maximum Gasteiger partial charge on any atom is 0.129 e. The highest BCUT2D eigenvalue weighted by atomic mass is 35.5. The van der Waals surface area contributed by atoms with E-state index >= 15 is 0 Å². The van der Waals surface area contributed by atoms with Gasteiger partial charge in [-0.25, -0.2) is 4.39 Å². The Hall–Kier alpha value is -0.640. The largest absolute Gasteiger partial charge is 0.314 e. The molecule has 0 saturated carbocycles. The van der Waals surface area contributed by atoms with E-state index in [2.05, 4.69) is 17.1 Å². The van der Waals surface area contributed by atoms with E-state index < -0.39 is 0 Å². The van der Waals surface area contributed by atoms with E-state index in [1.807, 2.05) is 0 Å². The third kappa shape index (κ3) is 2.73. The Bertz CT molecular complexity index is 370. The standard InChI is InChI=1S/C12H16ClFN2/c1-9-7-15-4-5-16(9)8-10-2-3-11(13)6-12(10)14/h2-3,6,9,15H,4-5,7-8H2,1H3/t9-/m0/s1. The van der Waals surface area contributed by atoms with Gasteiger partial charge in [-0.05, 0) is 19.1 Å². The van der Waals surface area contributed by atoms with Crippen LogP contribution in [0, 0.1) is 5.82 Å². The summed E-state index contributed by atoms with van der Waals surface area (Å²) in [4.78, 5) is 2.28. The number of halogens is 2. The molecule has 0 radical (unpaired) electrons. The van der Waals surface area contributed by atoms with Crippen LogP contribution in [-0.4, -0.2) is 30.6 Å². The van der Waals surface area contributed by atoms with Gasteiger partial charge in [0, 0.05) is 42.8 Å². The lowest BCUT2D eigenvalue weighted by molar-refractivity contribution is 0.164. The first-order valence-corrected chi connectivity index (χ1v) is 5.93. The number of hydrogen-bond donors (Lipinski definition) is 1. The summed E-state index contributed by atoms with van der Waals surface area (Å²) in [6, 6.07) is 5.34. The van der Waals surface area contributed by atoms with Crippen molar-refractivity contribution in [2.75, 3.05) is 19.6 Å². The highest BCUT2D eigenvalue weighted by Crippen LogP contribution is 2.17. The SMILES string of the molecule is C[C@H]1CNCCN1Cc1ccc(Cl)cc1F. The molecule has 1 fully saturated rings. The zero-order chi connectivity index (χ0) is 11.5. The normalized spacial score (nSPS) is 22.3. The molecule has 1 aliphatic heterocycles. The third-order valence-electron chi connectivity index (χ3n) is 3.03. The van der Waals surface area contributed by atoms with Gasteiger partial charge in [0.15, 0.2) is 0 Å². The van der Waals surface area contributed by atoms with Crippen LogP contribution in [0.15, 0.2) is 18.2 Å². The van der Waals surface area contributed by atoms with Crippen LogP contribution in [-0.2, 0) is 6.54 Å². The van der Waals surface area contributed by atoms with Gasteiger partial charge < -0.3 is 5.32 Å². The molecular formula is C12H16ClFN2. The highest BCUT2D eigenvalue weighted by molar-refractivity contribution is 6.30. The first-order chi connectivity index (χ1) is 7.66. The Labute approximate surface area is 100 Å². The van der Waals surface area contributed by atoms with Crippen LogP contribution >= 0.6 is 11.6 Å². The van der Waals surface area contributed by atoms with Crippen LogP contribution in [0.3, 0.4) is 0 Å². The van der Waals surface area contributed by atoms with E-state index in [1.165, 1.54) is 6.07 Å². The van der Waals surface area contributed by atoms with E-state index in [9.17, 15) is 4.39 Å². The smallest absolute Gasteiger partial charge is 0.129 e. The second-order valence-corrected chi connectivity index (χ2v) is 4.70. The van der Waals surface area contributed by atoms with Crippen LogP contribution in [0.2, 0.25) is 5.02 Å². The summed E-state index contributed by atoms with van der Waals surface area (Å²) in [7, 11) is 0. The molecule has 0 aromatic heterocycles. The molecular weight excluding hydrogens is 227 g/mol. The van der Waals surface area contributed by atoms with Gasteiger partial charge in [-0.3, -0.25) is 4.90 Å². The van der Waals surface area contributed by atoms with Crippen molar-refractivity contribution in [2.45, 2.75) is 19.5 Å². The first kappa shape index (κ1) is 11.8. The minimum absolute atomic E-state index is 0.210. The maximum absolute atomic E-state index is 13.6. The van der Waals surface area contributed by atoms with Gasteiger partial charge in [0.2, 0.25) is 0 Å². The van der Waals surface area contributed by atoms with E-state index in [-0.39, 0.29) is 5.82 Å². The molecule has 0 spiro atoms. The van der Waals surface area contributed by atoms with Gasteiger partial charge >= 0.3 is 0 Å². The van der Waals surface area contributed by atoms with Crippen molar-refractivity contribution in [2.24, 2.45) is 0 Å². The van der Waals surface area contributed by atoms with Crippen molar-refractivity contribution < 1.29 is 4.39 Å². The Kier molecular flexibility index (Phi) is 3.79. The summed E-state index contributed by atoms with van der Waals surface area (Å²) in [5.74, 6) is -0.210. The van der Waals surface area contributed by atoms with Crippen molar-refractivity contribution in [3.63, 3.8) is 0 Å². The van der Waals surface area contributed by atoms with Crippen LogP contribution in [0.4, 0.5) is 4.39 Å². The molecule has 0 unspecified atom stereocenters. The lowest BCUT2D eigenvalue weighted by Gasteiger charge is -2.33. The lowest BCUT2D eigenvalue weighted by Crippen LogP contribution is -2.49. The fraction of sp³-hybridized carbons (Fsp3) is 0.500. The average Bonchev–Trinajstić information content (AvgIpc) is 2.25. The number of benzene rings is 1. The van der Waals surface area contributed by atoms with Gasteiger partial charge in [-0.1, -0.05) is 17.7 Å². The summed E-state index contributed by atoms with van der Waals surface area (Å²) in [5.41, 5.74) is 0.721. The average molecular weight is 243 g/mol. The molecule has 2 rings (SSSR count). The molecule has 0 amide bonds. The Morgan fingerprint density at radius 2 is 2.38 bits per heavy atom. The number of piperazine rings is 1. The molecule has 1 heterocycles. The third-order valence-corrected chi connectivity index (χ3v) is 3.26. The summed E-state index contributed by atoms with van der Waals surface area (Å²) >= 11 is 5.72. The number of nitrogens with zero attached hydrogens (tertiary/aromatic N) is 1. The minimum Gasteiger partial charge on any atom is -0.314 e. The quantitative estimate of drug-likeness (QED) is 0.856. The van der Waals surface area contributed by atoms with E-state index in [4.69, 9.17) is 11.6 Å². The van der Waals surface area contributed by atoms with E-state index in [0.29, 0.717) is 17.6 Å². The van der Waals surface area contributed by atoms with Crippen LogP contribution in [0.1, 0.15) is 12.5 Å². The van der Waals surface area contributed by atoms with Gasteiger partial charge in [-0.15, -0.1) is 0 Å². The number of nitrogens with one attached hydrogen (secondary N) is 1. The molecule has 1 N–H and O–H groups in total. The van der Waals surface area contributed by atoms with Gasteiger partial charge in [0.05, 0.1) is 0 Å². The summed E-state index contributed by atoms with van der Waals surface area (Å²) in [5, 5.41) is 3.77. The predicted octanol–water partition coefficient (Wildman–Crippen LogP) is 2.27.